The van der Waals surface area contributed by atoms with Gasteiger partial charge < -0.3 is 19.1 Å². The zero-order chi connectivity index (χ0) is 16.1. The highest BCUT2D eigenvalue weighted by molar-refractivity contribution is 5.75. The Balaban J connectivity index is 1.83. The molecule has 0 saturated carbocycles. The van der Waals surface area contributed by atoms with E-state index in [0.717, 1.165) is 36.5 Å². The topological polar surface area (TPSA) is 67.3 Å². The zero-order valence-electron chi connectivity index (χ0n) is 13.3. The van der Waals surface area contributed by atoms with Gasteiger partial charge in [-0.3, -0.25) is 0 Å². The standard InChI is InChI=1S/C17H20N4O2/c1-21(2)9-5-8-18-17-19-12-13(14-6-3-10-22-14)16(20-17)15-7-4-11-23-15/h3-4,6-7,10-12H,5,8-9H2,1-2H3,(H,18,19,20). The molecule has 0 atom stereocenters. The van der Waals surface area contributed by atoms with E-state index < -0.39 is 0 Å². The zero-order valence-corrected chi connectivity index (χ0v) is 13.3. The fourth-order valence-corrected chi connectivity index (χ4v) is 2.28. The molecule has 0 saturated heterocycles. The third-order valence-corrected chi connectivity index (χ3v) is 3.40. The first-order valence-electron chi connectivity index (χ1n) is 7.57. The van der Waals surface area contributed by atoms with Crippen molar-refractivity contribution >= 4 is 5.95 Å². The molecule has 0 aliphatic carbocycles. The molecular formula is C17H20N4O2. The molecular weight excluding hydrogens is 292 g/mol. The van der Waals surface area contributed by atoms with Crippen LogP contribution in [-0.4, -0.2) is 42.1 Å². The van der Waals surface area contributed by atoms with Gasteiger partial charge in [-0.1, -0.05) is 0 Å². The second-order valence-corrected chi connectivity index (χ2v) is 5.49. The van der Waals surface area contributed by atoms with E-state index in [9.17, 15) is 0 Å². The summed E-state index contributed by atoms with van der Waals surface area (Å²) in [5, 5.41) is 3.25. The van der Waals surface area contributed by atoms with Crippen LogP contribution in [0.1, 0.15) is 6.42 Å². The number of rotatable bonds is 7. The second-order valence-electron chi connectivity index (χ2n) is 5.49. The average molecular weight is 312 g/mol. The van der Waals surface area contributed by atoms with Gasteiger partial charge in [0.15, 0.2) is 5.76 Å². The Bertz CT molecular complexity index is 721. The summed E-state index contributed by atoms with van der Waals surface area (Å²) in [4.78, 5) is 11.1. The first-order valence-corrected chi connectivity index (χ1v) is 7.57. The van der Waals surface area contributed by atoms with Crippen LogP contribution in [0.15, 0.2) is 51.8 Å². The minimum absolute atomic E-state index is 0.588. The first kappa shape index (κ1) is 15.3. The number of nitrogens with zero attached hydrogens (tertiary/aromatic N) is 3. The van der Waals surface area contributed by atoms with E-state index in [-0.39, 0.29) is 0 Å². The summed E-state index contributed by atoms with van der Waals surface area (Å²) < 4.78 is 11.0. The van der Waals surface area contributed by atoms with Crippen LogP contribution in [-0.2, 0) is 0 Å². The van der Waals surface area contributed by atoms with Crippen LogP contribution in [0.4, 0.5) is 5.95 Å². The van der Waals surface area contributed by atoms with E-state index in [0.29, 0.717) is 11.7 Å². The van der Waals surface area contributed by atoms with Crippen molar-refractivity contribution in [1.29, 1.82) is 0 Å². The van der Waals surface area contributed by atoms with E-state index in [1.165, 1.54) is 0 Å². The van der Waals surface area contributed by atoms with E-state index >= 15 is 0 Å². The van der Waals surface area contributed by atoms with Crippen molar-refractivity contribution in [2.24, 2.45) is 0 Å². The molecule has 0 bridgehead atoms. The Labute approximate surface area is 135 Å². The van der Waals surface area contributed by atoms with Crippen molar-refractivity contribution in [3.05, 3.63) is 43.0 Å². The number of aromatic nitrogens is 2. The van der Waals surface area contributed by atoms with E-state index in [2.05, 4.69) is 34.3 Å². The summed E-state index contributed by atoms with van der Waals surface area (Å²) in [6.45, 7) is 1.83. The molecule has 120 valence electrons. The third kappa shape index (κ3) is 3.78. The van der Waals surface area contributed by atoms with Crippen LogP contribution in [0.2, 0.25) is 0 Å². The van der Waals surface area contributed by atoms with Crippen LogP contribution in [0.25, 0.3) is 22.8 Å². The molecule has 0 spiro atoms. The lowest BCUT2D eigenvalue weighted by molar-refractivity contribution is 0.405. The summed E-state index contributed by atoms with van der Waals surface area (Å²) in [7, 11) is 4.12. The molecule has 3 aromatic heterocycles. The number of nitrogens with one attached hydrogen (secondary N) is 1. The van der Waals surface area contributed by atoms with Crippen molar-refractivity contribution < 1.29 is 8.83 Å². The van der Waals surface area contributed by atoms with Gasteiger partial charge in [0.25, 0.3) is 0 Å². The molecule has 1 N–H and O–H groups in total. The average Bonchev–Trinajstić information content (AvgIpc) is 3.24. The van der Waals surface area contributed by atoms with Crippen LogP contribution < -0.4 is 5.32 Å². The van der Waals surface area contributed by atoms with Gasteiger partial charge in [0.1, 0.15) is 11.5 Å². The minimum Gasteiger partial charge on any atom is -0.464 e. The number of furan rings is 2. The summed E-state index contributed by atoms with van der Waals surface area (Å²) in [5.41, 5.74) is 1.53. The summed E-state index contributed by atoms with van der Waals surface area (Å²) >= 11 is 0. The normalized spacial score (nSPS) is 11.1. The van der Waals surface area contributed by atoms with Crippen LogP contribution in [0, 0.1) is 0 Å². The van der Waals surface area contributed by atoms with E-state index in [4.69, 9.17) is 8.83 Å². The van der Waals surface area contributed by atoms with Gasteiger partial charge in [0, 0.05) is 12.7 Å². The van der Waals surface area contributed by atoms with Crippen molar-refractivity contribution in [2.75, 3.05) is 32.5 Å². The van der Waals surface area contributed by atoms with Crippen LogP contribution in [0.3, 0.4) is 0 Å². The van der Waals surface area contributed by atoms with Gasteiger partial charge in [0.2, 0.25) is 5.95 Å². The molecule has 0 unspecified atom stereocenters. The predicted molar refractivity (Wildman–Crippen MR) is 89.1 cm³/mol. The van der Waals surface area contributed by atoms with Crippen molar-refractivity contribution in [2.45, 2.75) is 6.42 Å². The molecule has 3 rings (SSSR count). The fourth-order valence-electron chi connectivity index (χ4n) is 2.28. The quantitative estimate of drug-likeness (QED) is 0.675. The van der Waals surface area contributed by atoms with E-state index in [1.807, 2.05) is 24.3 Å². The van der Waals surface area contributed by atoms with Crippen molar-refractivity contribution in [3.63, 3.8) is 0 Å². The molecule has 3 heterocycles. The van der Waals surface area contributed by atoms with Gasteiger partial charge in [-0.25, -0.2) is 9.97 Å². The van der Waals surface area contributed by atoms with Gasteiger partial charge >= 0.3 is 0 Å². The number of anilines is 1. The molecule has 23 heavy (non-hydrogen) atoms. The lowest BCUT2D eigenvalue weighted by Crippen LogP contribution is -2.17. The largest absolute Gasteiger partial charge is 0.464 e. The molecule has 6 nitrogen and oxygen atoms in total. The van der Waals surface area contributed by atoms with Gasteiger partial charge in [-0.2, -0.15) is 0 Å². The second kappa shape index (κ2) is 7.11. The summed E-state index contributed by atoms with van der Waals surface area (Å²) in [6.07, 6.45) is 6.05. The Morgan fingerprint density at radius 2 is 1.83 bits per heavy atom. The SMILES string of the molecule is CN(C)CCCNc1ncc(-c2ccco2)c(-c2ccco2)n1. The molecule has 0 fully saturated rings. The van der Waals surface area contributed by atoms with Gasteiger partial charge in [0.05, 0.1) is 18.1 Å². The van der Waals surface area contributed by atoms with Crippen LogP contribution in [0.5, 0.6) is 0 Å². The number of hydrogen-bond donors (Lipinski definition) is 1. The third-order valence-electron chi connectivity index (χ3n) is 3.40. The lowest BCUT2D eigenvalue weighted by Gasteiger charge is -2.11. The van der Waals surface area contributed by atoms with Crippen molar-refractivity contribution in [1.82, 2.24) is 14.9 Å². The van der Waals surface area contributed by atoms with Crippen LogP contribution >= 0.6 is 0 Å². The smallest absolute Gasteiger partial charge is 0.223 e. The van der Waals surface area contributed by atoms with Crippen molar-refractivity contribution in [3.8, 4) is 22.8 Å². The Hall–Kier alpha value is -2.60. The molecule has 0 aliphatic heterocycles. The summed E-state index contributed by atoms with van der Waals surface area (Å²) in [5.74, 6) is 2.00. The Morgan fingerprint density at radius 1 is 1.09 bits per heavy atom. The highest BCUT2D eigenvalue weighted by Crippen LogP contribution is 2.31. The Kier molecular flexibility index (Phi) is 4.73. The molecule has 3 aromatic rings. The highest BCUT2D eigenvalue weighted by atomic mass is 16.3. The van der Waals surface area contributed by atoms with E-state index in [1.54, 1.807) is 18.7 Å². The summed E-state index contributed by atoms with van der Waals surface area (Å²) in [6, 6.07) is 7.45. The molecule has 0 amide bonds. The maximum Gasteiger partial charge on any atom is 0.223 e. The molecule has 0 radical (unpaired) electrons. The fraction of sp³-hybridized carbons (Fsp3) is 0.294. The number of hydrogen-bond acceptors (Lipinski definition) is 6. The maximum atomic E-state index is 5.50. The lowest BCUT2D eigenvalue weighted by atomic mass is 10.1. The molecule has 0 aromatic carbocycles. The monoisotopic (exact) mass is 312 g/mol. The molecule has 0 aliphatic rings. The van der Waals surface area contributed by atoms with Gasteiger partial charge in [-0.05, 0) is 51.3 Å². The highest BCUT2D eigenvalue weighted by Gasteiger charge is 2.15. The van der Waals surface area contributed by atoms with Gasteiger partial charge in [-0.15, -0.1) is 0 Å². The Morgan fingerprint density at radius 3 is 2.48 bits per heavy atom. The molecule has 6 heteroatoms. The maximum absolute atomic E-state index is 5.50. The predicted octanol–water partition coefficient (Wildman–Crippen LogP) is 3.36. The minimum atomic E-state index is 0.588. The first-order chi connectivity index (χ1) is 11.2.